The molecule has 0 spiro atoms. The van der Waals surface area contributed by atoms with Crippen LogP contribution in [-0.4, -0.2) is 35.7 Å². The quantitative estimate of drug-likeness (QED) is 0.619. The van der Waals surface area contributed by atoms with Gasteiger partial charge in [0.1, 0.15) is 5.69 Å². The second-order valence-electron chi connectivity index (χ2n) is 3.65. The third-order valence-electron chi connectivity index (χ3n) is 2.24. The van der Waals surface area contributed by atoms with E-state index < -0.39 is 0 Å². The monoisotopic (exact) mass is 237 g/mol. The SMILES string of the molecule is CCNC(=O)c1cc(NCCCCO)ccn1. The van der Waals surface area contributed by atoms with Gasteiger partial charge in [-0.3, -0.25) is 9.78 Å². The molecule has 5 nitrogen and oxygen atoms in total. The Hall–Kier alpha value is -1.62. The zero-order chi connectivity index (χ0) is 12.5. The van der Waals surface area contributed by atoms with Gasteiger partial charge in [-0.15, -0.1) is 0 Å². The summed E-state index contributed by atoms with van der Waals surface area (Å²) >= 11 is 0. The Labute approximate surface area is 101 Å². The van der Waals surface area contributed by atoms with Crippen LogP contribution >= 0.6 is 0 Å². The molecule has 0 saturated carbocycles. The first kappa shape index (κ1) is 13.4. The first-order valence-corrected chi connectivity index (χ1v) is 5.87. The van der Waals surface area contributed by atoms with Crippen LogP contribution in [0.5, 0.6) is 0 Å². The predicted octanol–water partition coefficient (Wildman–Crippen LogP) is 1.02. The van der Waals surface area contributed by atoms with E-state index in [2.05, 4.69) is 15.6 Å². The van der Waals surface area contributed by atoms with E-state index in [0.29, 0.717) is 12.2 Å². The molecule has 0 aliphatic carbocycles. The Balaban J connectivity index is 2.50. The van der Waals surface area contributed by atoms with Gasteiger partial charge in [0.25, 0.3) is 5.91 Å². The summed E-state index contributed by atoms with van der Waals surface area (Å²) in [7, 11) is 0. The average molecular weight is 237 g/mol. The highest BCUT2D eigenvalue weighted by atomic mass is 16.2. The van der Waals surface area contributed by atoms with Gasteiger partial charge in [-0.1, -0.05) is 0 Å². The van der Waals surface area contributed by atoms with Crippen molar-refractivity contribution in [2.24, 2.45) is 0 Å². The number of anilines is 1. The van der Waals surface area contributed by atoms with Gasteiger partial charge in [0.2, 0.25) is 0 Å². The summed E-state index contributed by atoms with van der Waals surface area (Å²) in [6.07, 6.45) is 3.29. The van der Waals surface area contributed by atoms with Crippen LogP contribution in [0.4, 0.5) is 5.69 Å². The van der Waals surface area contributed by atoms with E-state index in [1.807, 2.05) is 13.0 Å². The van der Waals surface area contributed by atoms with Crippen molar-refractivity contribution in [3.05, 3.63) is 24.0 Å². The first-order valence-electron chi connectivity index (χ1n) is 5.87. The molecule has 94 valence electrons. The normalized spacial score (nSPS) is 10.0. The predicted molar refractivity (Wildman–Crippen MR) is 67.1 cm³/mol. The van der Waals surface area contributed by atoms with Gasteiger partial charge in [0, 0.05) is 31.6 Å². The highest BCUT2D eigenvalue weighted by Crippen LogP contribution is 2.08. The molecule has 1 aromatic rings. The molecule has 0 aliphatic heterocycles. The third kappa shape index (κ3) is 4.82. The fourth-order valence-electron chi connectivity index (χ4n) is 1.39. The number of amides is 1. The summed E-state index contributed by atoms with van der Waals surface area (Å²) in [4.78, 5) is 15.5. The molecule has 5 heteroatoms. The molecule has 0 aliphatic rings. The van der Waals surface area contributed by atoms with Gasteiger partial charge < -0.3 is 15.7 Å². The fraction of sp³-hybridized carbons (Fsp3) is 0.500. The van der Waals surface area contributed by atoms with Crippen LogP contribution in [-0.2, 0) is 0 Å². The number of nitrogens with zero attached hydrogens (tertiary/aromatic N) is 1. The van der Waals surface area contributed by atoms with E-state index in [1.165, 1.54) is 0 Å². The summed E-state index contributed by atoms with van der Waals surface area (Å²) in [5, 5.41) is 14.5. The zero-order valence-electron chi connectivity index (χ0n) is 10.1. The van der Waals surface area contributed by atoms with Crippen LogP contribution in [0.15, 0.2) is 18.3 Å². The third-order valence-corrected chi connectivity index (χ3v) is 2.24. The molecule has 0 aromatic carbocycles. The van der Waals surface area contributed by atoms with E-state index >= 15 is 0 Å². The van der Waals surface area contributed by atoms with Crippen LogP contribution in [0.3, 0.4) is 0 Å². The van der Waals surface area contributed by atoms with Crippen LogP contribution in [0.25, 0.3) is 0 Å². The van der Waals surface area contributed by atoms with E-state index in [4.69, 9.17) is 5.11 Å². The van der Waals surface area contributed by atoms with Crippen molar-refractivity contribution in [3.8, 4) is 0 Å². The van der Waals surface area contributed by atoms with E-state index in [-0.39, 0.29) is 12.5 Å². The minimum atomic E-state index is -0.161. The molecule has 0 saturated heterocycles. The second-order valence-corrected chi connectivity index (χ2v) is 3.65. The molecular weight excluding hydrogens is 218 g/mol. The Morgan fingerprint density at radius 3 is 3.00 bits per heavy atom. The summed E-state index contributed by atoms with van der Waals surface area (Å²) < 4.78 is 0. The van der Waals surface area contributed by atoms with Crippen molar-refractivity contribution < 1.29 is 9.90 Å². The Kier molecular flexibility index (Phi) is 6.03. The standard InChI is InChI=1S/C12H19N3O2/c1-2-13-12(17)11-9-10(5-7-15-11)14-6-3-4-8-16/h5,7,9,16H,2-4,6,8H2,1H3,(H,13,17)(H,14,15). The van der Waals surface area contributed by atoms with Gasteiger partial charge in [0.15, 0.2) is 0 Å². The number of rotatable bonds is 7. The maximum absolute atomic E-state index is 11.5. The Morgan fingerprint density at radius 1 is 1.47 bits per heavy atom. The highest BCUT2D eigenvalue weighted by molar-refractivity contribution is 5.93. The van der Waals surface area contributed by atoms with E-state index in [9.17, 15) is 4.79 Å². The molecule has 0 atom stereocenters. The number of aliphatic hydroxyl groups excluding tert-OH is 1. The van der Waals surface area contributed by atoms with Crippen molar-refractivity contribution in [2.45, 2.75) is 19.8 Å². The van der Waals surface area contributed by atoms with E-state index in [1.54, 1.807) is 12.3 Å². The van der Waals surface area contributed by atoms with Crippen LogP contribution < -0.4 is 10.6 Å². The lowest BCUT2D eigenvalue weighted by atomic mass is 10.2. The number of carbonyl (C=O) groups excluding carboxylic acids is 1. The number of aromatic nitrogens is 1. The molecule has 0 radical (unpaired) electrons. The van der Waals surface area contributed by atoms with Gasteiger partial charge in [-0.05, 0) is 31.9 Å². The molecule has 1 aromatic heterocycles. The lowest BCUT2D eigenvalue weighted by Crippen LogP contribution is -2.23. The van der Waals surface area contributed by atoms with Gasteiger partial charge in [-0.25, -0.2) is 0 Å². The van der Waals surface area contributed by atoms with Crippen molar-refractivity contribution in [2.75, 3.05) is 25.0 Å². The first-order chi connectivity index (χ1) is 8.27. The maximum atomic E-state index is 11.5. The van der Waals surface area contributed by atoms with Gasteiger partial charge >= 0.3 is 0 Å². The summed E-state index contributed by atoms with van der Waals surface area (Å²) in [5.74, 6) is -0.161. The minimum Gasteiger partial charge on any atom is -0.396 e. The van der Waals surface area contributed by atoms with E-state index in [0.717, 1.165) is 25.1 Å². The van der Waals surface area contributed by atoms with Crippen molar-refractivity contribution in [3.63, 3.8) is 0 Å². The second kappa shape index (κ2) is 7.62. The number of hydrogen-bond donors (Lipinski definition) is 3. The maximum Gasteiger partial charge on any atom is 0.269 e. The molecule has 0 bridgehead atoms. The Bertz CT molecular complexity index is 355. The summed E-state index contributed by atoms with van der Waals surface area (Å²) in [6.45, 7) is 3.45. The van der Waals surface area contributed by atoms with Crippen molar-refractivity contribution in [1.82, 2.24) is 10.3 Å². The number of pyridine rings is 1. The largest absolute Gasteiger partial charge is 0.396 e. The van der Waals surface area contributed by atoms with Gasteiger partial charge in [0.05, 0.1) is 0 Å². The number of carbonyl (C=O) groups is 1. The smallest absolute Gasteiger partial charge is 0.269 e. The number of hydrogen-bond acceptors (Lipinski definition) is 4. The van der Waals surface area contributed by atoms with Crippen LogP contribution in [0.2, 0.25) is 0 Å². The molecule has 1 heterocycles. The Morgan fingerprint density at radius 2 is 2.29 bits per heavy atom. The van der Waals surface area contributed by atoms with Crippen LogP contribution in [0.1, 0.15) is 30.3 Å². The highest BCUT2D eigenvalue weighted by Gasteiger charge is 2.05. The topological polar surface area (TPSA) is 74.2 Å². The lowest BCUT2D eigenvalue weighted by molar-refractivity contribution is 0.0951. The zero-order valence-corrected chi connectivity index (χ0v) is 10.1. The summed E-state index contributed by atoms with van der Waals surface area (Å²) in [5.41, 5.74) is 1.29. The molecule has 0 fully saturated rings. The number of aliphatic hydroxyl groups is 1. The van der Waals surface area contributed by atoms with Crippen LogP contribution in [0, 0.1) is 0 Å². The van der Waals surface area contributed by atoms with Gasteiger partial charge in [-0.2, -0.15) is 0 Å². The number of unbranched alkanes of at least 4 members (excludes halogenated alkanes) is 1. The minimum absolute atomic E-state index is 0.161. The number of nitrogens with one attached hydrogen (secondary N) is 2. The van der Waals surface area contributed by atoms with Crippen molar-refractivity contribution >= 4 is 11.6 Å². The molecule has 3 N–H and O–H groups in total. The molecule has 17 heavy (non-hydrogen) atoms. The summed E-state index contributed by atoms with van der Waals surface area (Å²) in [6, 6.07) is 3.55. The molecule has 0 unspecified atom stereocenters. The fourth-order valence-corrected chi connectivity index (χ4v) is 1.39. The lowest BCUT2D eigenvalue weighted by Gasteiger charge is -2.07. The molecular formula is C12H19N3O2. The van der Waals surface area contributed by atoms with Crippen molar-refractivity contribution in [1.29, 1.82) is 0 Å². The average Bonchev–Trinajstić information content (AvgIpc) is 2.35. The molecule has 1 amide bonds. The molecule has 1 rings (SSSR count).